The van der Waals surface area contributed by atoms with Gasteiger partial charge in [-0.15, -0.1) is 0 Å². The van der Waals surface area contributed by atoms with E-state index in [-0.39, 0.29) is 6.10 Å². The summed E-state index contributed by atoms with van der Waals surface area (Å²) in [5.74, 6) is -0.788. The molecule has 2 aliphatic rings. The predicted octanol–water partition coefficient (Wildman–Crippen LogP) is 4.51. The lowest BCUT2D eigenvalue weighted by Crippen LogP contribution is -2.33. The zero-order valence-electron chi connectivity index (χ0n) is 18.6. The third-order valence-electron chi connectivity index (χ3n) is 6.55. The molecule has 2 atom stereocenters. The van der Waals surface area contributed by atoms with Crippen molar-refractivity contribution in [2.45, 2.75) is 70.4 Å². The third-order valence-corrected chi connectivity index (χ3v) is 6.55. The number of pyridine rings is 1. The third kappa shape index (κ3) is 5.72. The maximum absolute atomic E-state index is 11.9. The number of aromatic nitrogens is 1. The zero-order valence-corrected chi connectivity index (χ0v) is 18.6. The van der Waals surface area contributed by atoms with E-state index in [2.05, 4.69) is 12.1 Å². The van der Waals surface area contributed by atoms with E-state index < -0.39 is 12.0 Å². The van der Waals surface area contributed by atoms with Gasteiger partial charge in [-0.2, -0.15) is 0 Å². The van der Waals surface area contributed by atoms with Gasteiger partial charge in [-0.25, -0.2) is 0 Å². The van der Waals surface area contributed by atoms with Crippen LogP contribution < -0.4 is 0 Å². The molecule has 1 saturated heterocycles. The minimum absolute atomic E-state index is 0.119. The molecule has 0 radical (unpaired) electrons. The second-order valence-corrected chi connectivity index (χ2v) is 9.00. The summed E-state index contributed by atoms with van der Waals surface area (Å²) in [5, 5.41) is 9.80. The van der Waals surface area contributed by atoms with Crippen molar-refractivity contribution in [1.29, 1.82) is 0 Å². The van der Waals surface area contributed by atoms with E-state index in [9.17, 15) is 9.90 Å². The summed E-state index contributed by atoms with van der Waals surface area (Å²) in [6.07, 6.45) is 8.97. The fourth-order valence-electron chi connectivity index (χ4n) is 4.90. The highest BCUT2D eigenvalue weighted by Crippen LogP contribution is 2.27. The van der Waals surface area contributed by atoms with Gasteiger partial charge in [-0.3, -0.25) is 14.7 Å². The summed E-state index contributed by atoms with van der Waals surface area (Å²) in [4.78, 5) is 18.8. The van der Waals surface area contributed by atoms with Crippen molar-refractivity contribution in [3.63, 3.8) is 0 Å². The van der Waals surface area contributed by atoms with Crippen molar-refractivity contribution in [2.24, 2.45) is 0 Å². The molecule has 1 fully saturated rings. The van der Waals surface area contributed by atoms with E-state index in [1.165, 1.54) is 36.2 Å². The minimum atomic E-state index is -0.788. The van der Waals surface area contributed by atoms with Gasteiger partial charge in [0.25, 0.3) is 0 Å². The molecule has 0 amide bonds. The lowest BCUT2D eigenvalue weighted by atomic mass is 9.95. The summed E-state index contributed by atoms with van der Waals surface area (Å²) >= 11 is 0. The van der Waals surface area contributed by atoms with E-state index in [0.717, 1.165) is 56.4 Å². The first-order valence-corrected chi connectivity index (χ1v) is 11.7. The number of fused-ring (bicyclic) bond motifs is 1. The number of nitrogens with zero attached hydrogens (tertiary/aromatic N) is 2. The highest BCUT2D eigenvalue weighted by atomic mass is 16.5. The number of carboxylic acids is 1. The molecular formula is C26H34N2O3. The van der Waals surface area contributed by atoms with Gasteiger partial charge in [0.2, 0.25) is 0 Å². The van der Waals surface area contributed by atoms with Gasteiger partial charge in [0, 0.05) is 31.1 Å². The van der Waals surface area contributed by atoms with Crippen LogP contribution in [0.25, 0.3) is 0 Å². The second kappa shape index (κ2) is 10.4. The summed E-state index contributed by atoms with van der Waals surface area (Å²) in [6.45, 7) is 4.16. The molecule has 5 nitrogen and oxygen atoms in total. The van der Waals surface area contributed by atoms with Gasteiger partial charge in [-0.05, 0) is 75.5 Å². The standard InChI is InChI=1S/C26H34N2O3/c1-19-7-6-9-21(17-19)25(26(29)30)28-15-14-23(18-28)31-16-5-4-10-22-13-12-20-8-2-3-11-24(20)27-22/h6-7,9,12-13,17,23,25H,2-5,8,10-11,14-16,18H2,1H3,(H,29,30)/t23-,25+/m1/s1. The van der Waals surface area contributed by atoms with Crippen molar-refractivity contribution >= 4 is 5.97 Å². The van der Waals surface area contributed by atoms with Crippen molar-refractivity contribution in [1.82, 2.24) is 9.88 Å². The number of carboxylic acid groups (broad SMARTS) is 1. The number of hydrogen-bond acceptors (Lipinski definition) is 4. The van der Waals surface area contributed by atoms with E-state index in [1.807, 2.05) is 36.1 Å². The van der Waals surface area contributed by atoms with E-state index >= 15 is 0 Å². The summed E-state index contributed by atoms with van der Waals surface area (Å²) in [5.41, 5.74) is 5.90. The summed E-state index contributed by atoms with van der Waals surface area (Å²) in [7, 11) is 0. The first-order valence-electron chi connectivity index (χ1n) is 11.7. The fraction of sp³-hybridized carbons (Fsp3) is 0.538. The average Bonchev–Trinajstić information content (AvgIpc) is 3.21. The van der Waals surface area contributed by atoms with Crippen LogP contribution in [0.5, 0.6) is 0 Å². The van der Waals surface area contributed by atoms with E-state index in [0.29, 0.717) is 6.54 Å². The number of ether oxygens (including phenoxy) is 1. The summed E-state index contributed by atoms with van der Waals surface area (Å²) < 4.78 is 6.10. The normalized spacial score (nSPS) is 19.8. The highest BCUT2D eigenvalue weighted by molar-refractivity contribution is 5.75. The molecule has 1 aromatic carbocycles. The molecule has 166 valence electrons. The van der Waals surface area contributed by atoms with Crippen LogP contribution in [0.4, 0.5) is 0 Å². The van der Waals surface area contributed by atoms with Crippen LogP contribution in [0, 0.1) is 6.92 Å². The summed E-state index contributed by atoms with van der Waals surface area (Å²) in [6, 6.07) is 11.7. The Morgan fingerprint density at radius 1 is 1.23 bits per heavy atom. The molecule has 2 aromatic rings. The number of carbonyl (C=O) groups is 1. The Morgan fingerprint density at radius 2 is 2.10 bits per heavy atom. The van der Waals surface area contributed by atoms with Gasteiger partial charge in [-0.1, -0.05) is 35.9 Å². The van der Waals surface area contributed by atoms with Crippen molar-refractivity contribution < 1.29 is 14.6 Å². The molecule has 1 aromatic heterocycles. The van der Waals surface area contributed by atoms with Gasteiger partial charge in [0.05, 0.1) is 6.10 Å². The fourth-order valence-corrected chi connectivity index (χ4v) is 4.90. The van der Waals surface area contributed by atoms with Crippen LogP contribution >= 0.6 is 0 Å². The number of likely N-dealkylation sites (tertiary alicyclic amines) is 1. The first kappa shape index (κ1) is 22.0. The Kier molecular flexibility index (Phi) is 7.36. The van der Waals surface area contributed by atoms with Gasteiger partial charge in [0.15, 0.2) is 0 Å². The largest absolute Gasteiger partial charge is 0.480 e. The Hall–Kier alpha value is -2.24. The molecule has 1 aliphatic carbocycles. The maximum Gasteiger partial charge on any atom is 0.325 e. The molecule has 0 unspecified atom stereocenters. The molecule has 31 heavy (non-hydrogen) atoms. The van der Waals surface area contributed by atoms with Crippen molar-refractivity contribution in [2.75, 3.05) is 19.7 Å². The van der Waals surface area contributed by atoms with Gasteiger partial charge >= 0.3 is 5.97 Å². The number of aryl methyl sites for hydroxylation is 4. The maximum atomic E-state index is 11.9. The highest BCUT2D eigenvalue weighted by Gasteiger charge is 2.33. The number of hydrogen-bond donors (Lipinski definition) is 1. The Morgan fingerprint density at radius 3 is 2.94 bits per heavy atom. The molecule has 0 bridgehead atoms. The lowest BCUT2D eigenvalue weighted by Gasteiger charge is -2.25. The molecule has 1 N–H and O–H groups in total. The van der Waals surface area contributed by atoms with Crippen LogP contribution in [0.15, 0.2) is 36.4 Å². The molecule has 5 heteroatoms. The minimum Gasteiger partial charge on any atom is -0.480 e. The molecule has 0 saturated carbocycles. The smallest absolute Gasteiger partial charge is 0.325 e. The van der Waals surface area contributed by atoms with Crippen LogP contribution in [-0.4, -0.2) is 46.8 Å². The van der Waals surface area contributed by atoms with Crippen LogP contribution in [0.3, 0.4) is 0 Å². The number of benzene rings is 1. The van der Waals surface area contributed by atoms with Crippen LogP contribution in [0.1, 0.15) is 66.2 Å². The predicted molar refractivity (Wildman–Crippen MR) is 121 cm³/mol. The quantitative estimate of drug-likeness (QED) is 0.603. The number of aliphatic carboxylic acids is 1. The van der Waals surface area contributed by atoms with Crippen molar-refractivity contribution in [3.8, 4) is 0 Å². The van der Waals surface area contributed by atoms with Crippen molar-refractivity contribution in [3.05, 3.63) is 64.5 Å². The Bertz CT molecular complexity index is 898. The molecule has 4 rings (SSSR count). The second-order valence-electron chi connectivity index (χ2n) is 9.00. The molecule has 0 spiro atoms. The molecular weight excluding hydrogens is 388 g/mol. The van der Waals surface area contributed by atoms with E-state index in [1.54, 1.807) is 0 Å². The monoisotopic (exact) mass is 422 g/mol. The van der Waals surface area contributed by atoms with Crippen LogP contribution in [0.2, 0.25) is 0 Å². The number of unbranched alkanes of at least 4 members (excludes halogenated alkanes) is 1. The van der Waals surface area contributed by atoms with Crippen LogP contribution in [-0.2, 0) is 28.8 Å². The Balaban J connectivity index is 1.20. The zero-order chi connectivity index (χ0) is 21.6. The lowest BCUT2D eigenvalue weighted by molar-refractivity contribution is -0.143. The first-order chi connectivity index (χ1) is 15.1. The average molecular weight is 423 g/mol. The van der Waals surface area contributed by atoms with Gasteiger partial charge < -0.3 is 9.84 Å². The number of rotatable bonds is 9. The van der Waals surface area contributed by atoms with E-state index in [4.69, 9.17) is 9.72 Å². The Labute approximate surface area is 185 Å². The van der Waals surface area contributed by atoms with Gasteiger partial charge in [0.1, 0.15) is 6.04 Å². The molecule has 2 heterocycles. The molecule has 1 aliphatic heterocycles. The SMILES string of the molecule is Cc1cccc([C@@H](C(=O)O)N2CC[C@@H](OCCCCc3ccc4c(n3)CCCC4)C2)c1. The topological polar surface area (TPSA) is 62.7 Å².